The summed E-state index contributed by atoms with van der Waals surface area (Å²) in [5.41, 5.74) is 0. The van der Waals surface area contributed by atoms with Gasteiger partial charge >= 0.3 is 0 Å². The summed E-state index contributed by atoms with van der Waals surface area (Å²) in [6, 6.07) is 0. The van der Waals surface area contributed by atoms with Crippen LogP contribution in [0.5, 0.6) is 0 Å². The van der Waals surface area contributed by atoms with Crippen LogP contribution in [0, 0.1) is 0 Å². The molecule has 0 aliphatic heterocycles. The minimum atomic E-state index is 0. The van der Waals surface area contributed by atoms with Gasteiger partial charge in [0.25, 0.3) is 0 Å². The van der Waals surface area contributed by atoms with Crippen LogP contribution in [0.1, 0.15) is 20.3 Å². The van der Waals surface area contributed by atoms with Gasteiger partial charge < -0.3 is 15.4 Å². The largest absolute Gasteiger partial charge is 0.380 e. The Hall–Kier alpha value is 0.310. The summed E-state index contributed by atoms with van der Waals surface area (Å²) in [7, 11) is 0. The highest BCUT2D eigenvalue weighted by Crippen LogP contribution is 1.94. The molecule has 104 valence electrons. The monoisotopic (exact) mass is 375 g/mol. The van der Waals surface area contributed by atoms with E-state index in [2.05, 4.69) is 28.8 Å². The Balaban J connectivity index is 0. The van der Waals surface area contributed by atoms with Gasteiger partial charge in [0, 0.05) is 26.2 Å². The molecule has 4 nitrogen and oxygen atoms in total. The molecule has 0 aromatic rings. The van der Waals surface area contributed by atoms with Crippen LogP contribution >= 0.6 is 35.7 Å². The standard InChI is InChI=1S/C11H25N3OS.HI/c1-4-12-11(13-7-6-10-16-3)14-8-9-15-5-2;/h4-10H2,1-3H3,(H2,12,13,14);1H. The Morgan fingerprint density at radius 2 is 2.06 bits per heavy atom. The number of hydrogen-bond donors (Lipinski definition) is 2. The molecule has 0 atom stereocenters. The molecule has 6 heteroatoms. The summed E-state index contributed by atoms with van der Waals surface area (Å²) in [6.45, 7) is 8.15. The smallest absolute Gasteiger partial charge is 0.191 e. The molecule has 0 heterocycles. The van der Waals surface area contributed by atoms with E-state index in [9.17, 15) is 0 Å². The molecule has 0 saturated heterocycles. The average Bonchev–Trinajstić information content (AvgIpc) is 2.30. The van der Waals surface area contributed by atoms with Gasteiger partial charge in [-0.2, -0.15) is 11.8 Å². The van der Waals surface area contributed by atoms with Gasteiger partial charge in [0.05, 0.1) is 6.61 Å². The molecule has 0 unspecified atom stereocenters. The van der Waals surface area contributed by atoms with E-state index in [0.29, 0.717) is 0 Å². The van der Waals surface area contributed by atoms with Crippen molar-refractivity contribution < 1.29 is 4.74 Å². The van der Waals surface area contributed by atoms with Crippen molar-refractivity contribution >= 4 is 41.7 Å². The van der Waals surface area contributed by atoms with Crippen LogP contribution in [0.2, 0.25) is 0 Å². The SMILES string of the molecule is CCNC(=NCCCSC)NCCOCC.I. The van der Waals surface area contributed by atoms with E-state index < -0.39 is 0 Å². The van der Waals surface area contributed by atoms with Crippen LogP contribution in [0.3, 0.4) is 0 Å². The van der Waals surface area contributed by atoms with Crippen LogP contribution in [-0.4, -0.2) is 50.8 Å². The summed E-state index contributed by atoms with van der Waals surface area (Å²) in [5.74, 6) is 2.06. The molecule has 2 N–H and O–H groups in total. The van der Waals surface area contributed by atoms with E-state index >= 15 is 0 Å². The van der Waals surface area contributed by atoms with E-state index in [1.807, 2.05) is 18.7 Å². The Kier molecular flexibility index (Phi) is 18.8. The zero-order valence-electron chi connectivity index (χ0n) is 11.1. The van der Waals surface area contributed by atoms with Crippen molar-refractivity contribution in [3.8, 4) is 0 Å². The lowest BCUT2D eigenvalue weighted by atomic mass is 10.5. The fourth-order valence-electron chi connectivity index (χ4n) is 1.13. The van der Waals surface area contributed by atoms with Crippen LogP contribution < -0.4 is 10.6 Å². The number of nitrogens with zero attached hydrogens (tertiary/aromatic N) is 1. The molecule has 0 aliphatic carbocycles. The van der Waals surface area contributed by atoms with E-state index in [1.165, 1.54) is 5.75 Å². The van der Waals surface area contributed by atoms with E-state index in [4.69, 9.17) is 4.74 Å². The summed E-state index contributed by atoms with van der Waals surface area (Å²) < 4.78 is 5.26. The predicted molar refractivity (Wildman–Crippen MR) is 88.9 cm³/mol. The molecule has 0 radical (unpaired) electrons. The molecule has 0 bridgehead atoms. The topological polar surface area (TPSA) is 45.7 Å². The number of guanidine groups is 1. The van der Waals surface area contributed by atoms with Crippen LogP contribution in [-0.2, 0) is 4.74 Å². The molecule has 0 fully saturated rings. The number of rotatable bonds is 9. The van der Waals surface area contributed by atoms with Gasteiger partial charge in [-0.05, 0) is 32.3 Å². The zero-order chi connectivity index (χ0) is 12.1. The molecule has 0 rings (SSSR count). The highest BCUT2D eigenvalue weighted by Gasteiger charge is 1.95. The number of halogens is 1. The number of ether oxygens (including phenoxy) is 1. The fourth-order valence-corrected chi connectivity index (χ4v) is 1.55. The molecular formula is C11H26IN3OS. The number of hydrogen-bond acceptors (Lipinski definition) is 3. The summed E-state index contributed by atoms with van der Waals surface area (Å²) >= 11 is 1.86. The molecule has 0 aromatic carbocycles. The number of thioether (sulfide) groups is 1. The maximum atomic E-state index is 5.26. The second-order valence-corrected chi connectivity index (χ2v) is 4.22. The van der Waals surface area contributed by atoms with E-state index in [-0.39, 0.29) is 24.0 Å². The maximum Gasteiger partial charge on any atom is 0.191 e. The predicted octanol–water partition coefficient (Wildman–Crippen LogP) is 1.95. The second-order valence-electron chi connectivity index (χ2n) is 3.23. The van der Waals surface area contributed by atoms with Gasteiger partial charge in [-0.1, -0.05) is 0 Å². The third-order valence-corrected chi connectivity index (χ3v) is 2.56. The summed E-state index contributed by atoms with van der Waals surface area (Å²) in [5, 5.41) is 6.45. The normalized spacial score (nSPS) is 10.9. The van der Waals surface area contributed by atoms with Gasteiger partial charge in [-0.25, -0.2) is 0 Å². The minimum Gasteiger partial charge on any atom is -0.380 e. The van der Waals surface area contributed by atoms with Crippen LogP contribution in [0.25, 0.3) is 0 Å². The van der Waals surface area contributed by atoms with Gasteiger partial charge in [-0.3, -0.25) is 4.99 Å². The fraction of sp³-hybridized carbons (Fsp3) is 0.909. The Morgan fingerprint density at radius 3 is 2.65 bits per heavy atom. The molecule has 0 amide bonds. The average molecular weight is 375 g/mol. The highest BCUT2D eigenvalue weighted by molar-refractivity contribution is 14.0. The zero-order valence-corrected chi connectivity index (χ0v) is 14.3. The lowest BCUT2D eigenvalue weighted by Gasteiger charge is -2.10. The maximum absolute atomic E-state index is 5.26. The first-order valence-electron chi connectivity index (χ1n) is 5.94. The van der Waals surface area contributed by atoms with Crippen molar-refractivity contribution in [2.45, 2.75) is 20.3 Å². The first-order chi connectivity index (χ1) is 7.85. The quantitative estimate of drug-likeness (QED) is 0.280. The lowest BCUT2D eigenvalue weighted by molar-refractivity contribution is 0.152. The van der Waals surface area contributed by atoms with E-state index in [1.54, 1.807) is 0 Å². The summed E-state index contributed by atoms with van der Waals surface area (Å²) in [6.07, 6.45) is 3.25. The molecule has 0 aliphatic rings. The van der Waals surface area contributed by atoms with Crippen molar-refractivity contribution in [3.05, 3.63) is 0 Å². The number of aliphatic imine (C=N–C) groups is 1. The molecule has 17 heavy (non-hydrogen) atoms. The van der Waals surface area contributed by atoms with Gasteiger partial charge in [0.2, 0.25) is 0 Å². The van der Waals surface area contributed by atoms with Gasteiger partial charge in [-0.15, -0.1) is 24.0 Å². The minimum absolute atomic E-state index is 0. The Bertz CT molecular complexity index is 182. The van der Waals surface area contributed by atoms with Crippen molar-refractivity contribution in [2.24, 2.45) is 4.99 Å². The first kappa shape index (κ1) is 19.6. The highest BCUT2D eigenvalue weighted by atomic mass is 127. The Morgan fingerprint density at radius 1 is 1.29 bits per heavy atom. The van der Waals surface area contributed by atoms with E-state index in [0.717, 1.165) is 45.2 Å². The van der Waals surface area contributed by atoms with Gasteiger partial charge in [0.1, 0.15) is 0 Å². The molecule has 0 spiro atoms. The molecule has 0 aromatic heterocycles. The van der Waals surface area contributed by atoms with Crippen molar-refractivity contribution in [1.29, 1.82) is 0 Å². The third kappa shape index (κ3) is 14.2. The Labute approximate surface area is 127 Å². The first-order valence-corrected chi connectivity index (χ1v) is 7.33. The van der Waals surface area contributed by atoms with Crippen LogP contribution in [0.15, 0.2) is 4.99 Å². The van der Waals surface area contributed by atoms with Crippen LogP contribution in [0.4, 0.5) is 0 Å². The number of nitrogens with one attached hydrogen (secondary N) is 2. The lowest BCUT2D eigenvalue weighted by Crippen LogP contribution is -2.39. The van der Waals surface area contributed by atoms with Crippen molar-refractivity contribution in [1.82, 2.24) is 10.6 Å². The van der Waals surface area contributed by atoms with Crippen molar-refractivity contribution in [2.75, 3.05) is 44.9 Å². The van der Waals surface area contributed by atoms with Crippen molar-refractivity contribution in [3.63, 3.8) is 0 Å². The van der Waals surface area contributed by atoms with Gasteiger partial charge in [0.15, 0.2) is 5.96 Å². The molecular weight excluding hydrogens is 349 g/mol. The molecule has 0 saturated carbocycles. The third-order valence-electron chi connectivity index (χ3n) is 1.86. The summed E-state index contributed by atoms with van der Waals surface area (Å²) in [4.78, 5) is 4.47. The second kappa shape index (κ2) is 16.3.